The van der Waals surface area contributed by atoms with Crippen LogP contribution in [0.3, 0.4) is 0 Å². The van der Waals surface area contributed by atoms with E-state index in [9.17, 15) is 4.79 Å². The second kappa shape index (κ2) is 6.67. The number of hydrogen-bond acceptors (Lipinski definition) is 4. The quantitative estimate of drug-likeness (QED) is 0.784. The highest BCUT2D eigenvalue weighted by atomic mass is 32.1. The van der Waals surface area contributed by atoms with Gasteiger partial charge in [0.25, 0.3) is 5.91 Å². The maximum Gasteiger partial charge on any atom is 0.266 e. The van der Waals surface area contributed by atoms with Crippen molar-refractivity contribution in [3.05, 3.63) is 51.5 Å². The molecule has 1 aromatic heterocycles. The molecule has 1 aliphatic carbocycles. The van der Waals surface area contributed by atoms with E-state index in [0.717, 1.165) is 35.0 Å². The number of carbonyl (C=O) groups excluding carboxylic acids is 1. The first-order valence-electron chi connectivity index (χ1n) is 10.5. The molecule has 4 atom stereocenters. The molecule has 2 saturated heterocycles. The van der Waals surface area contributed by atoms with E-state index in [1.165, 1.54) is 24.8 Å². The van der Waals surface area contributed by atoms with Crippen LogP contribution in [0.2, 0.25) is 0 Å². The predicted octanol–water partition coefficient (Wildman–Crippen LogP) is 4.13. The number of aryl methyl sites for hydroxylation is 1. The summed E-state index contributed by atoms with van der Waals surface area (Å²) in [5.41, 5.74) is 2.39. The number of benzene rings is 1. The number of amides is 1. The second-order valence-electron chi connectivity index (χ2n) is 9.13. The SMILES string of the molecule is Cc1nc(Cc2ccccc2)sc1C(=O)N1C[C@@H]2C[C@@]3(C)[C@H](CCC[C@@H]13)N2C. The molecule has 3 fully saturated rings. The average Bonchev–Trinajstić information content (AvgIpc) is 3.17. The Labute approximate surface area is 171 Å². The number of carbonyl (C=O) groups is 1. The molecular formula is C23H29N3OS. The van der Waals surface area contributed by atoms with Gasteiger partial charge in [0.1, 0.15) is 4.88 Å². The van der Waals surface area contributed by atoms with E-state index in [1.807, 2.05) is 13.0 Å². The number of thiazole rings is 1. The Kier molecular flexibility index (Phi) is 4.36. The van der Waals surface area contributed by atoms with Crippen molar-refractivity contribution in [1.82, 2.24) is 14.8 Å². The molecule has 2 bridgehead atoms. The normalized spacial score (nSPS) is 32.0. The summed E-state index contributed by atoms with van der Waals surface area (Å²) in [5, 5.41) is 1.04. The van der Waals surface area contributed by atoms with Crippen molar-refractivity contribution < 1.29 is 4.79 Å². The summed E-state index contributed by atoms with van der Waals surface area (Å²) in [6, 6.07) is 11.9. The van der Waals surface area contributed by atoms with Gasteiger partial charge in [-0.15, -0.1) is 11.3 Å². The number of fused-ring (bicyclic) bond motifs is 1. The summed E-state index contributed by atoms with van der Waals surface area (Å²) in [6.45, 7) is 5.30. The zero-order chi connectivity index (χ0) is 19.5. The van der Waals surface area contributed by atoms with Crippen molar-refractivity contribution in [3.8, 4) is 0 Å². The molecule has 4 nitrogen and oxygen atoms in total. The van der Waals surface area contributed by atoms with Gasteiger partial charge in [0.2, 0.25) is 0 Å². The number of nitrogens with zero attached hydrogens (tertiary/aromatic N) is 3. The number of likely N-dealkylation sites (N-methyl/N-ethyl adjacent to an activating group) is 1. The molecule has 5 rings (SSSR count). The van der Waals surface area contributed by atoms with Gasteiger partial charge in [-0.05, 0) is 45.2 Å². The highest BCUT2D eigenvalue weighted by molar-refractivity contribution is 7.13. The molecular weight excluding hydrogens is 366 g/mol. The largest absolute Gasteiger partial charge is 0.333 e. The summed E-state index contributed by atoms with van der Waals surface area (Å²) in [4.78, 5) is 24.0. The molecule has 1 aromatic carbocycles. The van der Waals surface area contributed by atoms with Crippen LogP contribution in [-0.2, 0) is 6.42 Å². The minimum atomic E-state index is 0.214. The van der Waals surface area contributed by atoms with Crippen LogP contribution in [0.15, 0.2) is 30.3 Å². The number of piperidine rings is 1. The van der Waals surface area contributed by atoms with Gasteiger partial charge >= 0.3 is 0 Å². The van der Waals surface area contributed by atoms with E-state index in [2.05, 4.69) is 48.0 Å². The lowest BCUT2D eigenvalue weighted by Gasteiger charge is -2.50. The Morgan fingerprint density at radius 1 is 1.25 bits per heavy atom. The summed E-state index contributed by atoms with van der Waals surface area (Å²) < 4.78 is 0. The number of rotatable bonds is 3. The van der Waals surface area contributed by atoms with Crippen molar-refractivity contribution in [2.45, 2.75) is 64.1 Å². The summed E-state index contributed by atoms with van der Waals surface area (Å²) in [7, 11) is 2.27. The standard InChI is InChI=1S/C23H29N3OS/c1-15-21(28-20(24-15)12-16-8-5-4-6-9-16)22(27)26-14-17-13-23(2)18(25(17)3)10-7-11-19(23)26/h4-6,8-9,17-19H,7,10-14H2,1-3H3/t17-,18-,19+,23-/m0/s1. The number of likely N-dealkylation sites (tertiary alicyclic amines) is 2. The highest BCUT2D eigenvalue weighted by Crippen LogP contribution is 2.54. The van der Waals surface area contributed by atoms with Crippen molar-refractivity contribution in [1.29, 1.82) is 0 Å². The second-order valence-corrected chi connectivity index (χ2v) is 10.2. The monoisotopic (exact) mass is 395 g/mol. The van der Waals surface area contributed by atoms with Gasteiger partial charge in [-0.2, -0.15) is 0 Å². The first-order chi connectivity index (χ1) is 13.5. The maximum atomic E-state index is 13.6. The molecule has 2 aromatic rings. The topological polar surface area (TPSA) is 36.4 Å². The van der Waals surface area contributed by atoms with Crippen LogP contribution < -0.4 is 0 Å². The molecule has 1 saturated carbocycles. The van der Waals surface area contributed by atoms with E-state index in [0.29, 0.717) is 18.1 Å². The Balaban J connectivity index is 1.42. The van der Waals surface area contributed by atoms with Crippen LogP contribution in [0.5, 0.6) is 0 Å². The maximum absolute atomic E-state index is 13.6. The minimum Gasteiger partial charge on any atom is -0.333 e. The fourth-order valence-corrected chi connectivity index (χ4v) is 7.20. The van der Waals surface area contributed by atoms with Crippen molar-refractivity contribution in [2.24, 2.45) is 5.41 Å². The fraction of sp³-hybridized carbons (Fsp3) is 0.565. The van der Waals surface area contributed by atoms with Gasteiger partial charge in [0.05, 0.1) is 10.7 Å². The fourth-order valence-electron chi connectivity index (χ4n) is 6.14. The number of aromatic nitrogens is 1. The van der Waals surface area contributed by atoms with Crippen LogP contribution in [0.4, 0.5) is 0 Å². The van der Waals surface area contributed by atoms with Gasteiger partial charge in [-0.1, -0.05) is 37.3 Å². The Morgan fingerprint density at radius 3 is 2.79 bits per heavy atom. The lowest BCUT2D eigenvalue weighted by molar-refractivity contribution is 0.0120. The molecule has 0 unspecified atom stereocenters. The van der Waals surface area contributed by atoms with Gasteiger partial charge in [0, 0.05) is 36.5 Å². The lowest BCUT2D eigenvalue weighted by Crippen LogP contribution is -2.57. The lowest BCUT2D eigenvalue weighted by atomic mass is 9.66. The summed E-state index contributed by atoms with van der Waals surface area (Å²) >= 11 is 1.59. The highest BCUT2D eigenvalue weighted by Gasteiger charge is 2.59. The van der Waals surface area contributed by atoms with Crippen LogP contribution in [-0.4, -0.2) is 52.4 Å². The zero-order valence-electron chi connectivity index (χ0n) is 17.0. The molecule has 28 heavy (non-hydrogen) atoms. The molecule has 3 heterocycles. The summed E-state index contributed by atoms with van der Waals surface area (Å²) in [5.74, 6) is 0.214. The van der Waals surface area contributed by atoms with Crippen LogP contribution in [0.25, 0.3) is 0 Å². The van der Waals surface area contributed by atoms with E-state index < -0.39 is 0 Å². The Bertz CT molecular complexity index is 895. The van der Waals surface area contributed by atoms with Gasteiger partial charge in [-0.3, -0.25) is 9.69 Å². The van der Waals surface area contributed by atoms with Crippen molar-refractivity contribution >= 4 is 17.2 Å². The van der Waals surface area contributed by atoms with Gasteiger partial charge in [-0.25, -0.2) is 4.98 Å². The third kappa shape index (κ3) is 2.74. The van der Waals surface area contributed by atoms with Crippen molar-refractivity contribution in [2.75, 3.05) is 13.6 Å². The molecule has 1 amide bonds. The molecule has 0 spiro atoms. The predicted molar refractivity (Wildman–Crippen MR) is 113 cm³/mol. The van der Waals surface area contributed by atoms with Crippen LogP contribution in [0.1, 0.15) is 58.5 Å². The molecule has 0 radical (unpaired) electrons. The van der Waals surface area contributed by atoms with Gasteiger partial charge < -0.3 is 4.90 Å². The van der Waals surface area contributed by atoms with E-state index in [4.69, 9.17) is 4.98 Å². The third-order valence-corrected chi connectivity index (χ3v) is 8.64. The first-order valence-corrected chi connectivity index (χ1v) is 11.3. The molecule has 5 heteroatoms. The van der Waals surface area contributed by atoms with E-state index >= 15 is 0 Å². The van der Waals surface area contributed by atoms with Crippen LogP contribution in [0, 0.1) is 12.3 Å². The first kappa shape index (κ1) is 18.3. The third-order valence-electron chi connectivity index (χ3n) is 7.50. The summed E-state index contributed by atoms with van der Waals surface area (Å²) in [6.07, 6.45) is 5.70. The van der Waals surface area contributed by atoms with E-state index in [1.54, 1.807) is 11.3 Å². The van der Waals surface area contributed by atoms with Gasteiger partial charge in [0.15, 0.2) is 0 Å². The Morgan fingerprint density at radius 2 is 2.00 bits per heavy atom. The number of hydrogen-bond donors (Lipinski definition) is 0. The molecule has 0 N–H and O–H groups in total. The molecule has 2 aliphatic heterocycles. The molecule has 148 valence electrons. The van der Waals surface area contributed by atoms with Crippen LogP contribution >= 0.6 is 11.3 Å². The van der Waals surface area contributed by atoms with Crippen molar-refractivity contribution in [3.63, 3.8) is 0 Å². The zero-order valence-corrected chi connectivity index (χ0v) is 17.8. The smallest absolute Gasteiger partial charge is 0.266 e. The Hall–Kier alpha value is -1.72. The van der Waals surface area contributed by atoms with E-state index in [-0.39, 0.29) is 11.3 Å². The minimum absolute atomic E-state index is 0.214. The molecule has 3 aliphatic rings. The average molecular weight is 396 g/mol.